The first kappa shape index (κ1) is 25.5. The number of carbonyl (C=O) groups is 1. The number of anilines is 1. The number of nitrogens with two attached hydrogens (primary N) is 1. The smallest absolute Gasteiger partial charge is 0.379 e. The first-order valence-corrected chi connectivity index (χ1v) is 8.59. The Morgan fingerprint density at radius 1 is 1.26 bits per heavy atom. The predicted molar refractivity (Wildman–Crippen MR) is 101 cm³/mol. The molecule has 0 bridgehead atoms. The van der Waals surface area contributed by atoms with Gasteiger partial charge in [0.1, 0.15) is 11.4 Å². The van der Waals surface area contributed by atoms with Crippen molar-refractivity contribution in [3.05, 3.63) is 47.8 Å². The first-order valence-electron chi connectivity index (χ1n) is 8.59. The second-order valence-corrected chi connectivity index (χ2v) is 5.74. The minimum Gasteiger partial charge on any atom is -0.495 e. The number of nitrogens with zero attached hydrogens (tertiary/aromatic N) is 2. The summed E-state index contributed by atoms with van der Waals surface area (Å²) in [4.78, 5) is 19.8. The third-order valence-corrected chi connectivity index (χ3v) is 3.68. The van der Waals surface area contributed by atoms with Crippen LogP contribution in [-0.2, 0) is 4.74 Å². The van der Waals surface area contributed by atoms with Gasteiger partial charge < -0.3 is 20.5 Å². The van der Waals surface area contributed by atoms with Crippen LogP contribution >= 0.6 is 0 Å². The summed E-state index contributed by atoms with van der Waals surface area (Å²) in [7, 11) is 1.48. The molecule has 1 atom stereocenters. The van der Waals surface area contributed by atoms with Crippen molar-refractivity contribution in [3.8, 4) is 5.75 Å². The number of amides is 1. The van der Waals surface area contributed by atoms with E-state index in [4.69, 9.17) is 20.6 Å². The first-order chi connectivity index (χ1) is 14.7. The minimum absolute atomic E-state index is 0.00913. The highest BCUT2D eigenvalue weighted by atomic mass is 19.4. The topological polar surface area (TPSA) is 123 Å². The molecule has 13 heteroatoms. The van der Waals surface area contributed by atoms with Gasteiger partial charge >= 0.3 is 6.68 Å². The van der Waals surface area contributed by atoms with Crippen LogP contribution in [0.4, 0.5) is 27.6 Å². The zero-order valence-electron chi connectivity index (χ0n) is 16.2. The van der Waals surface area contributed by atoms with E-state index in [0.29, 0.717) is 5.75 Å². The number of nitrogens with one attached hydrogen (secondary N) is 2. The molecule has 0 aromatic carbocycles. The molecule has 0 radical (unpaired) electrons. The molecule has 170 valence electrons. The number of halogens is 5. The average molecular weight is 449 g/mol. The van der Waals surface area contributed by atoms with E-state index in [0.717, 1.165) is 6.20 Å². The normalized spacial score (nSPS) is 11.2. The second-order valence-electron chi connectivity index (χ2n) is 5.74. The highest BCUT2D eigenvalue weighted by molar-refractivity contribution is 6.02. The number of hydrogen-bond donors (Lipinski definition) is 3. The third kappa shape index (κ3) is 9.23. The fraction of sp³-hybridized carbons (Fsp3) is 0.333. The van der Waals surface area contributed by atoms with Gasteiger partial charge in [-0.3, -0.25) is 14.6 Å². The fourth-order valence-electron chi connectivity index (χ4n) is 2.28. The van der Waals surface area contributed by atoms with E-state index >= 15 is 0 Å². The Bertz CT molecular complexity index is 852. The highest BCUT2D eigenvalue weighted by Gasteiger charge is 2.19. The van der Waals surface area contributed by atoms with Crippen LogP contribution in [0.5, 0.6) is 5.75 Å². The summed E-state index contributed by atoms with van der Waals surface area (Å²) in [5, 5.41) is 9.51. The zero-order valence-corrected chi connectivity index (χ0v) is 16.2. The predicted octanol–water partition coefficient (Wildman–Crippen LogP) is 3.41. The van der Waals surface area contributed by atoms with Gasteiger partial charge in [0.25, 0.3) is 11.9 Å². The van der Waals surface area contributed by atoms with Crippen LogP contribution in [0, 0.1) is 11.4 Å². The Kier molecular flexibility index (Phi) is 10.6. The van der Waals surface area contributed by atoms with Gasteiger partial charge in [-0.2, -0.15) is 17.6 Å². The Hall–Kier alpha value is -3.51. The second kappa shape index (κ2) is 12.9. The van der Waals surface area contributed by atoms with Crippen molar-refractivity contribution in [3.63, 3.8) is 0 Å². The molecule has 1 unspecified atom stereocenters. The van der Waals surface area contributed by atoms with Crippen molar-refractivity contribution in [1.29, 1.82) is 5.41 Å². The number of alkyl halides is 4. The maximum Gasteiger partial charge on any atom is 0.379 e. The molecule has 31 heavy (non-hydrogen) atoms. The molecule has 2 heterocycles. The summed E-state index contributed by atoms with van der Waals surface area (Å²) in [6, 6.07) is 3.85. The Balaban J connectivity index is 0.00000110. The van der Waals surface area contributed by atoms with Crippen molar-refractivity contribution in [2.75, 3.05) is 25.7 Å². The zero-order chi connectivity index (χ0) is 23.4. The Morgan fingerprint density at radius 3 is 2.45 bits per heavy atom. The number of aromatic nitrogens is 2. The van der Waals surface area contributed by atoms with Gasteiger partial charge in [-0.1, -0.05) is 0 Å². The van der Waals surface area contributed by atoms with E-state index in [1.54, 1.807) is 6.07 Å². The third-order valence-electron chi connectivity index (χ3n) is 3.68. The summed E-state index contributed by atoms with van der Waals surface area (Å²) >= 11 is 0. The molecule has 0 saturated carbocycles. The number of ether oxygens (including phenoxy) is 2. The SMILES string of the molecule is COc1ccc(C(=O)Nc2cnc(F)c(C(CF)CCOC(=N)N)c2)nc1.FC(F)F. The molecule has 0 aliphatic carbocycles. The molecule has 0 fully saturated rings. The van der Waals surface area contributed by atoms with Crippen molar-refractivity contribution < 1.29 is 36.2 Å². The fourth-order valence-corrected chi connectivity index (χ4v) is 2.28. The molecule has 2 aromatic rings. The van der Waals surface area contributed by atoms with Crippen LogP contribution in [0.25, 0.3) is 0 Å². The molecule has 0 aliphatic heterocycles. The highest BCUT2D eigenvalue weighted by Crippen LogP contribution is 2.25. The molecule has 8 nitrogen and oxygen atoms in total. The molecule has 0 spiro atoms. The van der Waals surface area contributed by atoms with Crippen molar-refractivity contribution in [2.45, 2.75) is 19.0 Å². The van der Waals surface area contributed by atoms with Crippen LogP contribution < -0.4 is 15.8 Å². The molecule has 4 N–H and O–H groups in total. The molecular weight excluding hydrogens is 429 g/mol. The van der Waals surface area contributed by atoms with Gasteiger partial charge in [-0.05, 0) is 24.6 Å². The minimum atomic E-state index is -3.67. The molecule has 1 amide bonds. The molecule has 2 aromatic heterocycles. The van der Waals surface area contributed by atoms with E-state index in [9.17, 15) is 26.7 Å². The molecule has 0 aliphatic rings. The van der Waals surface area contributed by atoms with E-state index < -0.39 is 37.1 Å². The number of hydrogen-bond acceptors (Lipinski definition) is 6. The summed E-state index contributed by atoms with van der Waals surface area (Å²) in [5.41, 5.74) is 5.37. The van der Waals surface area contributed by atoms with Gasteiger partial charge in [0.05, 0.1) is 38.5 Å². The van der Waals surface area contributed by atoms with Crippen LogP contribution in [0.2, 0.25) is 0 Å². The standard InChI is InChI=1S/C17H19F2N5O3.CHF3/c1-26-12-2-3-14(22-9-12)16(25)24-11-6-13(15(19)23-8-11)10(7-18)4-5-27-17(20)21;2-1(3)4/h2-3,6,8-10H,4-5,7H2,1H3,(H3,20,21)(H,24,25);1H. The maximum absolute atomic E-state index is 14.0. The van der Waals surface area contributed by atoms with Crippen LogP contribution in [0.15, 0.2) is 30.6 Å². The van der Waals surface area contributed by atoms with Gasteiger partial charge in [0.15, 0.2) is 0 Å². The van der Waals surface area contributed by atoms with E-state index in [1.165, 1.54) is 25.4 Å². The number of carbonyl (C=O) groups excluding carboxylic acids is 1. The van der Waals surface area contributed by atoms with Crippen molar-refractivity contribution in [2.24, 2.45) is 5.73 Å². The van der Waals surface area contributed by atoms with Crippen molar-refractivity contribution >= 4 is 17.6 Å². The average Bonchev–Trinajstić information content (AvgIpc) is 2.72. The summed E-state index contributed by atoms with van der Waals surface area (Å²) in [5.74, 6) is -1.74. The lowest BCUT2D eigenvalue weighted by Gasteiger charge is -2.15. The van der Waals surface area contributed by atoms with Crippen LogP contribution in [0.1, 0.15) is 28.4 Å². The lowest BCUT2D eigenvalue weighted by atomic mass is 9.98. The lowest BCUT2D eigenvalue weighted by molar-refractivity contribution is 0.00818. The Labute approximate surface area is 174 Å². The number of pyridine rings is 2. The van der Waals surface area contributed by atoms with Crippen molar-refractivity contribution in [1.82, 2.24) is 9.97 Å². The lowest BCUT2D eigenvalue weighted by Crippen LogP contribution is -2.18. The number of rotatable bonds is 8. The van der Waals surface area contributed by atoms with Gasteiger partial charge in [0, 0.05) is 11.5 Å². The van der Waals surface area contributed by atoms with Gasteiger partial charge in [-0.25, -0.2) is 9.97 Å². The summed E-state index contributed by atoms with van der Waals surface area (Å²) in [6.07, 6.45) is 2.60. The molecular formula is C18H20F5N5O3. The van der Waals surface area contributed by atoms with Gasteiger partial charge in [-0.15, -0.1) is 0 Å². The molecule has 0 saturated heterocycles. The van der Waals surface area contributed by atoms with E-state index in [-0.39, 0.29) is 30.0 Å². The van der Waals surface area contributed by atoms with Crippen LogP contribution in [-0.4, -0.2) is 49.0 Å². The largest absolute Gasteiger partial charge is 0.495 e. The Morgan fingerprint density at radius 2 is 1.94 bits per heavy atom. The number of methoxy groups -OCH3 is 1. The number of amidine groups is 1. The molecule has 2 rings (SSSR count). The summed E-state index contributed by atoms with van der Waals surface area (Å²) in [6.45, 7) is -4.58. The quantitative estimate of drug-likeness (QED) is 0.246. The maximum atomic E-state index is 14.0. The van der Waals surface area contributed by atoms with Crippen LogP contribution in [0.3, 0.4) is 0 Å². The van der Waals surface area contributed by atoms with Gasteiger partial charge in [0.2, 0.25) is 5.95 Å². The summed E-state index contributed by atoms with van der Waals surface area (Å²) < 4.78 is 66.1. The monoisotopic (exact) mass is 449 g/mol. The van der Waals surface area contributed by atoms with E-state index in [2.05, 4.69) is 15.3 Å². The van der Waals surface area contributed by atoms with E-state index in [1.807, 2.05) is 0 Å².